The predicted molar refractivity (Wildman–Crippen MR) is 81.7 cm³/mol. The van der Waals surface area contributed by atoms with Crippen LogP contribution in [0.2, 0.25) is 0 Å². The van der Waals surface area contributed by atoms with Crippen LogP contribution in [0, 0.1) is 6.92 Å². The number of halogens is 1. The van der Waals surface area contributed by atoms with Crippen LogP contribution in [0.3, 0.4) is 0 Å². The van der Waals surface area contributed by atoms with Gasteiger partial charge in [-0.25, -0.2) is 8.42 Å². The lowest BCUT2D eigenvalue weighted by molar-refractivity contribution is 0.410. The summed E-state index contributed by atoms with van der Waals surface area (Å²) < 4.78 is 27.4. The molecule has 1 aromatic rings. The van der Waals surface area contributed by atoms with Gasteiger partial charge in [0.2, 0.25) is 10.0 Å². The van der Waals surface area contributed by atoms with Crippen molar-refractivity contribution in [1.82, 2.24) is 9.62 Å². The maximum absolute atomic E-state index is 12.6. The summed E-state index contributed by atoms with van der Waals surface area (Å²) in [5.41, 5.74) is 1.68. The summed E-state index contributed by atoms with van der Waals surface area (Å²) in [6.07, 6.45) is 0. The van der Waals surface area contributed by atoms with Gasteiger partial charge in [0.05, 0.1) is 4.90 Å². The average molecular weight is 349 g/mol. The molecule has 0 bridgehead atoms. The van der Waals surface area contributed by atoms with Crippen molar-refractivity contribution in [3.05, 3.63) is 27.7 Å². The summed E-state index contributed by atoms with van der Waals surface area (Å²) >= 11 is 3.43. The number of nitrogens with zero attached hydrogens (tertiary/aromatic N) is 1. The van der Waals surface area contributed by atoms with Crippen LogP contribution in [-0.2, 0) is 16.6 Å². The van der Waals surface area contributed by atoms with Gasteiger partial charge in [0.25, 0.3) is 0 Å². The number of sulfonamides is 1. The molecule has 19 heavy (non-hydrogen) atoms. The minimum atomic E-state index is -3.46. The van der Waals surface area contributed by atoms with Gasteiger partial charge in [0.15, 0.2) is 0 Å². The van der Waals surface area contributed by atoms with E-state index in [1.807, 2.05) is 33.9 Å². The number of hydrogen-bond donors (Lipinski definition) is 1. The van der Waals surface area contributed by atoms with Crippen molar-refractivity contribution in [1.29, 1.82) is 0 Å². The lowest BCUT2D eigenvalue weighted by Crippen LogP contribution is -2.33. The Morgan fingerprint density at radius 1 is 1.37 bits per heavy atom. The van der Waals surface area contributed by atoms with Crippen molar-refractivity contribution >= 4 is 26.0 Å². The first-order valence-electron chi connectivity index (χ1n) is 6.13. The molecule has 0 saturated carbocycles. The van der Waals surface area contributed by atoms with Gasteiger partial charge in [0, 0.05) is 24.1 Å². The van der Waals surface area contributed by atoms with Crippen LogP contribution in [0.25, 0.3) is 0 Å². The lowest BCUT2D eigenvalue weighted by atomic mass is 10.1. The summed E-state index contributed by atoms with van der Waals surface area (Å²) in [6, 6.07) is 3.61. The first-order valence-corrected chi connectivity index (χ1v) is 8.36. The Morgan fingerprint density at radius 3 is 2.42 bits per heavy atom. The quantitative estimate of drug-likeness (QED) is 0.889. The van der Waals surface area contributed by atoms with Crippen molar-refractivity contribution in [2.75, 3.05) is 14.1 Å². The van der Waals surface area contributed by atoms with Crippen LogP contribution < -0.4 is 5.32 Å². The van der Waals surface area contributed by atoms with E-state index in [0.29, 0.717) is 11.4 Å². The fourth-order valence-electron chi connectivity index (χ4n) is 1.71. The van der Waals surface area contributed by atoms with E-state index < -0.39 is 10.0 Å². The highest BCUT2D eigenvalue weighted by Gasteiger charge is 2.26. The van der Waals surface area contributed by atoms with E-state index in [4.69, 9.17) is 0 Å². The highest BCUT2D eigenvalue weighted by atomic mass is 79.9. The maximum atomic E-state index is 12.6. The summed E-state index contributed by atoms with van der Waals surface area (Å²) in [5, 5.41) is 3.03. The molecule has 0 heterocycles. The Kier molecular flexibility index (Phi) is 5.55. The van der Waals surface area contributed by atoms with E-state index in [0.717, 1.165) is 15.6 Å². The molecule has 0 unspecified atom stereocenters. The highest BCUT2D eigenvalue weighted by Crippen LogP contribution is 2.28. The molecule has 6 heteroatoms. The molecule has 0 aliphatic heterocycles. The molecular formula is C13H21BrN2O2S. The van der Waals surface area contributed by atoms with E-state index in [-0.39, 0.29) is 6.04 Å². The van der Waals surface area contributed by atoms with Gasteiger partial charge in [0.1, 0.15) is 0 Å². The largest absolute Gasteiger partial charge is 0.316 e. The van der Waals surface area contributed by atoms with Crippen LogP contribution in [0.4, 0.5) is 0 Å². The van der Waals surface area contributed by atoms with Gasteiger partial charge < -0.3 is 5.32 Å². The van der Waals surface area contributed by atoms with Crippen molar-refractivity contribution in [2.45, 2.75) is 38.3 Å². The van der Waals surface area contributed by atoms with Gasteiger partial charge in [-0.15, -0.1) is 0 Å². The molecule has 0 radical (unpaired) electrons. The lowest BCUT2D eigenvalue weighted by Gasteiger charge is -2.23. The van der Waals surface area contributed by atoms with E-state index in [1.165, 1.54) is 4.31 Å². The molecule has 108 valence electrons. The van der Waals surface area contributed by atoms with Gasteiger partial charge >= 0.3 is 0 Å². The molecule has 0 aromatic heterocycles. The summed E-state index contributed by atoms with van der Waals surface area (Å²) in [7, 11) is -0.0120. The summed E-state index contributed by atoms with van der Waals surface area (Å²) in [5.74, 6) is 0. The molecule has 0 amide bonds. The topological polar surface area (TPSA) is 49.4 Å². The number of hydrogen-bond acceptors (Lipinski definition) is 3. The normalized spacial score (nSPS) is 12.4. The molecular weight excluding hydrogens is 328 g/mol. The van der Waals surface area contributed by atoms with Crippen LogP contribution >= 0.6 is 15.9 Å². The second kappa shape index (κ2) is 6.35. The fourth-order valence-corrected chi connectivity index (χ4v) is 4.02. The number of nitrogens with one attached hydrogen (secondary N) is 1. The fraction of sp³-hybridized carbons (Fsp3) is 0.538. The zero-order chi connectivity index (χ0) is 14.8. The first kappa shape index (κ1) is 16.6. The Hall–Kier alpha value is -0.430. The monoisotopic (exact) mass is 348 g/mol. The molecule has 0 fully saturated rings. The second-order valence-electron chi connectivity index (χ2n) is 4.85. The average Bonchev–Trinajstić information content (AvgIpc) is 2.32. The molecule has 1 aromatic carbocycles. The van der Waals surface area contributed by atoms with Crippen LogP contribution in [0.5, 0.6) is 0 Å². The smallest absolute Gasteiger partial charge is 0.243 e. The third-order valence-electron chi connectivity index (χ3n) is 3.12. The zero-order valence-corrected chi connectivity index (χ0v) is 14.4. The Balaban J connectivity index is 3.41. The molecule has 4 nitrogen and oxygen atoms in total. The van der Waals surface area contributed by atoms with Gasteiger partial charge in [-0.2, -0.15) is 4.31 Å². The highest BCUT2D eigenvalue weighted by molar-refractivity contribution is 9.10. The number of benzene rings is 1. The van der Waals surface area contributed by atoms with E-state index in [9.17, 15) is 8.42 Å². The van der Waals surface area contributed by atoms with Crippen molar-refractivity contribution in [3.8, 4) is 0 Å². The minimum absolute atomic E-state index is 0.0730. The van der Waals surface area contributed by atoms with Crippen LogP contribution in [-0.4, -0.2) is 32.9 Å². The van der Waals surface area contributed by atoms with Crippen LogP contribution in [0.15, 0.2) is 21.5 Å². The maximum Gasteiger partial charge on any atom is 0.243 e. The zero-order valence-electron chi connectivity index (χ0n) is 12.0. The number of rotatable bonds is 5. The van der Waals surface area contributed by atoms with Crippen LogP contribution in [0.1, 0.15) is 25.0 Å². The molecule has 1 rings (SSSR count). The van der Waals surface area contributed by atoms with Crippen molar-refractivity contribution in [3.63, 3.8) is 0 Å². The van der Waals surface area contributed by atoms with Gasteiger partial charge in [-0.3, -0.25) is 0 Å². The van der Waals surface area contributed by atoms with Crippen molar-refractivity contribution < 1.29 is 8.42 Å². The molecule has 0 aliphatic carbocycles. The van der Waals surface area contributed by atoms with E-state index in [2.05, 4.69) is 21.2 Å². The van der Waals surface area contributed by atoms with Gasteiger partial charge in [-0.05, 0) is 51.1 Å². The summed E-state index contributed by atoms with van der Waals surface area (Å²) in [4.78, 5) is 0.364. The minimum Gasteiger partial charge on any atom is -0.316 e. The summed E-state index contributed by atoms with van der Waals surface area (Å²) in [6.45, 7) is 6.17. The molecule has 0 aliphatic rings. The first-order chi connectivity index (χ1) is 8.71. The molecule has 1 N–H and O–H groups in total. The third kappa shape index (κ3) is 3.56. The van der Waals surface area contributed by atoms with E-state index >= 15 is 0 Å². The third-order valence-corrected chi connectivity index (χ3v) is 6.11. The van der Waals surface area contributed by atoms with E-state index in [1.54, 1.807) is 13.1 Å². The Morgan fingerprint density at radius 2 is 1.95 bits per heavy atom. The Bertz CT molecular complexity index is 556. The molecule has 0 atom stereocenters. The Labute approximate surface area is 124 Å². The second-order valence-corrected chi connectivity index (χ2v) is 7.67. The van der Waals surface area contributed by atoms with Gasteiger partial charge in [-0.1, -0.05) is 15.9 Å². The molecule has 0 spiro atoms. The standard InChI is InChI=1S/C13H21BrN2O2S/c1-9(2)16(5)19(17,18)13-7-11(8-15-4)6-12(14)10(13)3/h6-7,9,15H,8H2,1-5H3. The van der Waals surface area contributed by atoms with Crippen molar-refractivity contribution in [2.24, 2.45) is 0 Å². The SMILES string of the molecule is CNCc1cc(Br)c(C)c(S(=O)(=O)N(C)C(C)C)c1. The molecule has 0 saturated heterocycles. The predicted octanol–water partition coefficient (Wildman–Crippen LogP) is 2.51.